The van der Waals surface area contributed by atoms with Crippen LogP contribution >= 0.6 is 0 Å². The van der Waals surface area contributed by atoms with Gasteiger partial charge in [-0.1, -0.05) is 12.1 Å². The highest BCUT2D eigenvalue weighted by Crippen LogP contribution is 2.24. The van der Waals surface area contributed by atoms with E-state index in [9.17, 15) is 14.4 Å². The Bertz CT molecular complexity index is 1060. The first kappa shape index (κ1) is 18.2. The summed E-state index contributed by atoms with van der Waals surface area (Å²) in [5, 5.41) is 12.1. The van der Waals surface area contributed by atoms with Gasteiger partial charge < -0.3 is 9.73 Å². The molecule has 0 fully saturated rings. The van der Waals surface area contributed by atoms with Crippen molar-refractivity contribution in [2.75, 3.05) is 5.32 Å². The Morgan fingerprint density at radius 3 is 2.56 bits per heavy atom. The van der Waals surface area contributed by atoms with E-state index >= 15 is 0 Å². The van der Waals surface area contributed by atoms with Crippen LogP contribution in [0.3, 0.4) is 0 Å². The smallest absolute Gasteiger partial charge is 0.266 e. The molecule has 0 bridgehead atoms. The number of nitrogens with one attached hydrogen (secondary N) is 1. The van der Waals surface area contributed by atoms with Crippen LogP contribution in [-0.4, -0.2) is 5.91 Å². The molecule has 0 saturated carbocycles. The summed E-state index contributed by atoms with van der Waals surface area (Å²) in [5.41, 5.74) is 3.28. The van der Waals surface area contributed by atoms with Crippen molar-refractivity contribution >= 4 is 17.7 Å². The zero-order chi connectivity index (χ0) is 19.4. The molecule has 5 heteroatoms. The molecule has 0 aliphatic rings. The van der Waals surface area contributed by atoms with E-state index in [1.165, 1.54) is 18.2 Å². The fourth-order valence-corrected chi connectivity index (χ4v) is 2.57. The molecule has 0 radical (unpaired) electrons. The maximum absolute atomic E-state index is 13.0. The first-order chi connectivity index (χ1) is 13.0. The van der Waals surface area contributed by atoms with Gasteiger partial charge in [0.25, 0.3) is 5.91 Å². The third kappa shape index (κ3) is 4.13. The van der Waals surface area contributed by atoms with Crippen LogP contribution in [0.5, 0.6) is 0 Å². The second kappa shape index (κ2) is 7.71. The molecule has 27 heavy (non-hydrogen) atoms. The van der Waals surface area contributed by atoms with E-state index in [2.05, 4.69) is 5.32 Å². The summed E-state index contributed by atoms with van der Waals surface area (Å²) in [6.07, 6.45) is 1.38. The van der Waals surface area contributed by atoms with Crippen molar-refractivity contribution in [1.82, 2.24) is 0 Å². The van der Waals surface area contributed by atoms with Gasteiger partial charge in [0.15, 0.2) is 0 Å². The van der Waals surface area contributed by atoms with E-state index in [0.29, 0.717) is 22.8 Å². The summed E-state index contributed by atoms with van der Waals surface area (Å²) in [5.74, 6) is 0.0432. The fraction of sp³-hybridized carbons (Fsp3) is 0.0909. The molecule has 2 aromatic carbocycles. The van der Waals surface area contributed by atoms with Gasteiger partial charge in [0.2, 0.25) is 0 Å². The normalized spacial score (nSPS) is 11.1. The first-order valence-corrected chi connectivity index (χ1v) is 8.33. The van der Waals surface area contributed by atoms with Gasteiger partial charge in [-0.25, -0.2) is 4.39 Å². The Labute approximate surface area is 156 Å². The molecule has 0 aliphatic heterocycles. The van der Waals surface area contributed by atoms with Gasteiger partial charge >= 0.3 is 0 Å². The summed E-state index contributed by atoms with van der Waals surface area (Å²) in [4.78, 5) is 12.4. The lowest BCUT2D eigenvalue weighted by atomic mass is 10.1. The first-order valence-electron chi connectivity index (χ1n) is 8.33. The fourth-order valence-electron chi connectivity index (χ4n) is 2.57. The zero-order valence-corrected chi connectivity index (χ0v) is 14.9. The van der Waals surface area contributed by atoms with Gasteiger partial charge in [-0.05, 0) is 67.4 Å². The molecule has 3 aromatic rings. The minimum absolute atomic E-state index is 0.0732. The summed E-state index contributed by atoms with van der Waals surface area (Å²) in [6, 6.07) is 16.7. The molecule has 3 rings (SSSR count). The number of carbonyl (C=O) groups is 1. The molecular formula is C22H17FN2O2. The predicted octanol–water partition coefficient (Wildman–Crippen LogP) is 5.25. The molecule has 0 spiro atoms. The van der Waals surface area contributed by atoms with Crippen LogP contribution < -0.4 is 5.32 Å². The maximum Gasteiger partial charge on any atom is 0.266 e. The molecule has 134 valence electrons. The van der Waals surface area contributed by atoms with Gasteiger partial charge in [0, 0.05) is 17.3 Å². The summed E-state index contributed by atoms with van der Waals surface area (Å²) >= 11 is 0. The molecule has 0 aliphatic carbocycles. The lowest BCUT2D eigenvalue weighted by molar-refractivity contribution is -0.112. The van der Waals surface area contributed by atoms with Crippen molar-refractivity contribution in [3.63, 3.8) is 0 Å². The molecule has 0 atom stereocenters. The van der Waals surface area contributed by atoms with Crippen molar-refractivity contribution in [2.45, 2.75) is 13.8 Å². The van der Waals surface area contributed by atoms with E-state index < -0.39 is 5.91 Å². The molecule has 1 amide bonds. The number of hydrogen-bond donors (Lipinski definition) is 1. The minimum Gasteiger partial charge on any atom is -0.457 e. The number of hydrogen-bond acceptors (Lipinski definition) is 3. The van der Waals surface area contributed by atoms with Crippen LogP contribution in [0.1, 0.15) is 16.9 Å². The lowest BCUT2D eigenvalue weighted by Gasteiger charge is -2.09. The molecule has 0 saturated heterocycles. The number of nitriles is 1. The highest BCUT2D eigenvalue weighted by atomic mass is 19.1. The second-order valence-electron chi connectivity index (χ2n) is 6.08. The lowest BCUT2D eigenvalue weighted by Crippen LogP contribution is -2.14. The van der Waals surface area contributed by atoms with Gasteiger partial charge in [0.1, 0.15) is 29.0 Å². The van der Waals surface area contributed by atoms with E-state index in [0.717, 1.165) is 11.1 Å². The summed E-state index contributed by atoms with van der Waals surface area (Å²) in [7, 11) is 0. The van der Waals surface area contributed by atoms with Crippen molar-refractivity contribution in [2.24, 2.45) is 0 Å². The molecular weight excluding hydrogens is 343 g/mol. The average molecular weight is 360 g/mol. The number of anilines is 1. The number of carbonyl (C=O) groups excluding carboxylic acids is 1. The van der Waals surface area contributed by atoms with E-state index in [1.54, 1.807) is 30.3 Å². The van der Waals surface area contributed by atoms with Crippen LogP contribution in [0.4, 0.5) is 10.1 Å². The number of amides is 1. The van der Waals surface area contributed by atoms with E-state index in [1.807, 2.05) is 32.0 Å². The number of furan rings is 1. The minimum atomic E-state index is -0.508. The number of nitrogens with zero attached hydrogens (tertiary/aromatic N) is 1. The quantitative estimate of drug-likeness (QED) is 0.510. The third-order valence-corrected chi connectivity index (χ3v) is 4.26. The van der Waals surface area contributed by atoms with Crippen LogP contribution in [-0.2, 0) is 4.79 Å². The van der Waals surface area contributed by atoms with Gasteiger partial charge in [-0.2, -0.15) is 5.26 Å². The molecule has 4 nitrogen and oxygen atoms in total. The largest absolute Gasteiger partial charge is 0.457 e. The monoisotopic (exact) mass is 360 g/mol. The number of rotatable bonds is 4. The topological polar surface area (TPSA) is 66.0 Å². The highest BCUT2D eigenvalue weighted by Gasteiger charge is 2.13. The Balaban J connectivity index is 1.82. The standard InChI is InChI=1S/C22H17FN2O2/c1-14-4-3-5-20(15(14)2)25-22(26)17(13-24)12-19-10-11-21(27-19)16-6-8-18(23)9-7-16/h3-12H,1-2H3,(H,25,26)/b17-12-. The molecule has 1 N–H and O–H groups in total. The Morgan fingerprint density at radius 2 is 1.85 bits per heavy atom. The maximum atomic E-state index is 13.0. The predicted molar refractivity (Wildman–Crippen MR) is 102 cm³/mol. The second-order valence-corrected chi connectivity index (χ2v) is 6.08. The third-order valence-electron chi connectivity index (χ3n) is 4.26. The highest BCUT2D eigenvalue weighted by molar-refractivity contribution is 6.09. The zero-order valence-electron chi connectivity index (χ0n) is 14.9. The van der Waals surface area contributed by atoms with Crippen LogP contribution in [0.25, 0.3) is 17.4 Å². The SMILES string of the molecule is Cc1cccc(NC(=O)/C(C#N)=C\c2ccc(-c3ccc(F)cc3)o2)c1C. The van der Waals surface area contributed by atoms with Gasteiger partial charge in [-0.15, -0.1) is 0 Å². The van der Waals surface area contributed by atoms with Gasteiger partial charge in [-0.3, -0.25) is 4.79 Å². The van der Waals surface area contributed by atoms with Crippen molar-refractivity contribution in [3.05, 3.63) is 82.9 Å². The molecule has 1 heterocycles. The summed E-state index contributed by atoms with van der Waals surface area (Å²) in [6.45, 7) is 3.86. The molecule has 1 aromatic heterocycles. The van der Waals surface area contributed by atoms with Crippen LogP contribution in [0.15, 0.2) is 64.6 Å². The average Bonchev–Trinajstić information content (AvgIpc) is 3.12. The number of benzene rings is 2. The molecule has 0 unspecified atom stereocenters. The Hall–Kier alpha value is -3.65. The van der Waals surface area contributed by atoms with E-state index in [4.69, 9.17) is 4.42 Å². The van der Waals surface area contributed by atoms with Crippen molar-refractivity contribution in [3.8, 4) is 17.4 Å². The number of aryl methyl sites for hydroxylation is 1. The van der Waals surface area contributed by atoms with Crippen LogP contribution in [0.2, 0.25) is 0 Å². The number of halogens is 1. The van der Waals surface area contributed by atoms with Crippen molar-refractivity contribution < 1.29 is 13.6 Å². The van der Waals surface area contributed by atoms with Gasteiger partial charge in [0.05, 0.1) is 0 Å². The van der Waals surface area contributed by atoms with Crippen LogP contribution in [0, 0.1) is 31.0 Å². The van der Waals surface area contributed by atoms with E-state index in [-0.39, 0.29) is 11.4 Å². The van der Waals surface area contributed by atoms with Crippen molar-refractivity contribution in [1.29, 1.82) is 5.26 Å². The Kier molecular flexibility index (Phi) is 5.18. The Morgan fingerprint density at radius 1 is 1.11 bits per heavy atom. The summed E-state index contributed by atoms with van der Waals surface area (Å²) < 4.78 is 18.7.